The molecule has 128 valence electrons. The Labute approximate surface area is 154 Å². The van der Waals surface area contributed by atoms with Gasteiger partial charge in [-0.2, -0.15) is 0 Å². The Balaban J connectivity index is 2.08. The Hall–Kier alpha value is -1.40. The van der Waals surface area contributed by atoms with Crippen molar-refractivity contribution in [3.05, 3.63) is 63.0 Å². The number of carbonyl (C=O) groups excluding carboxylic acids is 1. The van der Waals surface area contributed by atoms with Crippen LogP contribution in [0.25, 0.3) is 0 Å². The molecule has 3 nitrogen and oxygen atoms in total. The molecule has 7 heteroatoms. The molecule has 1 amide bonds. The minimum atomic E-state index is -0.450. The molecule has 0 aliphatic rings. The van der Waals surface area contributed by atoms with Gasteiger partial charge in [0.25, 0.3) is 0 Å². The molecule has 1 N–H and O–H groups in total. The monoisotopic (exact) mass is 386 g/mol. The van der Waals surface area contributed by atoms with E-state index in [4.69, 9.17) is 23.2 Å². The average molecular weight is 387 g/mol. The number of rotatable bonds is 7. The Morgan fingerprint density at radius 1 is 1.42 bits per heavy atom. The molecule has 1 atom stereocenters. The summed E-state index contributed by atoms with van der Waals surface area (Å²) in [7, 11) is 0. The van der Waals surface area contributed by atoms with Gasteiger partial charge in [0.05, 0.1) is 21.1 Å². The number of halogens is 3. The number of nitrogens with zero attached hydrogens (tertiary/aromatic N) is 1. The summed E-state index contributed by atoms with van der Waals surface area (Å²) in [6.07, 6.45) is 1.74. The Bertz CT molecular complexity index is 735. The molecule has 0 spiro atoms. The van der Waals surface area contributed by atoms with Crippen LogP contribution in [0, 0.1) is 5.82 Å². The lowest BCUT2D eigenvalue weighted by molar-refractivity contribution is -0.120. The van der Waals surface area contributed by atoms with Crippen LogP contribution in [0.15, 0.2) is 43.0 Å². The molecule has 2 rings (SSSR count). The van der Waals surface area contributed by atoms with Gasteiger partial charge in [0.15, 0.2) is 0 Å². The highest BCUT2D eigenvalue weighted by atomic mass is 35.5. The van der Waals surface area contributed by atoms with Gasteiger partial charge in [-0.25, -0.2) is 4.39 Å². The highest BCUT2D eigenvalue weighted by Gasteiger charge is 2.22. The number of nitrogens with one attached hydrogen (secondary N) is 1. The number of thiophene rings is 1. The standard InChI is InChI=1S/C17H17Cl2FN2OS/c1-3-8-22(10-13-5-7-16(19)24-13)11(2)17(23)21-15-6-4-12(20)9-14(15)18/h3-7,9,11H,1,8,10H2,2H3,(H,21,23)/t11-/m0/s1. The second-order valence-corrected chi connectivity index (χ2v) is 7.42. The maximum absolute atomic E-state index is 13.1. The fourth-order valence-corrected chi connectivity index (χ4v) is 3.48. The van der Waals surface area contributed by atoms with Crippen molar-refractivity contribution < 1.29 is 9.18 Å². The Morgan fingerprint density at radius 3 is 2.75 bits per heavy atom. The molecule has 24 heavy (non-hydrogen) atoms. The molecule has 0 aliphatic carbocycles. The number of amides is 1. The predicted molar refractivity (Wildman–Crippen MR) is 99.4 cm³/mol. The summed E-state index contributed by atoms with van der Waals surface area (Å²) in [5, 5.41) is 2.89. The summed E-state index contributed by atoms with van der Waals surface area (Å²) in [6.45, 7) is 6.66. The highest BCUT2D eigenvalue weighted by molar-refractivity contribution is 7.16. The first-order valence-electron chi connectivity index (χ1n) is 7.25. The van der Waals surface area contributed by atoms with Gasteiger partial charge < -0.3 is 5.32 Å². The summed E-state index contributed by atoms with van der Waals surface area (Å²) < 4.78 is 13.8. The second-order valence-electron chi connectivity index (χ2n) is 5.21. The number of benzene rings is 1. The molecule has 0 radical (unpaired) electrons. The van der Waals surface area contributed by atoms with Gasteiger partial charge in [-0.05, 0) is 37.3 Å². The SMILES string of the molecule is C=CCN(Cc1ccc(Cl)s1)[C@@H](C)C(=O)Nc1ccc(F)cc1Cl. The van der Waals surface area contributed by atoms with Crippen LogP contribution in [0.2, 0.25) is 9.36 Å². The van der Waals surface area contributed by atoms with E-state index in [1.807, 2.05) is 17.0 Å². The molecule has 0 unspecified atom stereocenters. The van der Waals surface area contributed by atoms with Crippen LogP contribution in [0.5, 0.6) is 0 Å². The van der Waals surface area contributed by atoms with Gasteiger partial charge in [-0.3, -0.25) is 9.69 Å². The third kappa shape index (κ3) is 5.05. The summed E-state index contributed by atoms with van der Waals surface area (Å²) in [5.41, 5.74) is 0.382. The number of hydrogen-bond acceptors (Lipinski definition) is 3. The molecule has 1 aromatic carbocycles. The van der Waals surface area contributed by atoms with Gasteiger partial charge in [-0.1, -0.05) is 29.3 Å². The van der Waals surface area contributed by atoms with E-state index in [0.717, 1.165) is 10.9 Å². The molecule has 0 saturated carbocycles. The largest absolute Gasteiger partial charge is 0.323 e. The van der Waals surface area contributed by atoms with E-state index < -0.39 is 11.9 Å². The molecule has 0 aliphatic heterocycles. The molecule has 2 aromatic rings. The summed E-state index contributed by atoms with van der Waals surface area (Å²) >= 11 is 13.4. The lowest BCUT2D eigenvalue weighted by Gasteiger charge is -2.26. The van der Waals surface area contributed by atoms with Gasteiger partial charge in [0.1, 0.15) is 5.82 Å². The Kier molecular flexibility index (Phi) is 6.80. The maximum atomic E-state index is 13.1. The van der Waals surface area contributed by atoms with Crippen LogP contribution >= 0.6 is 34.5 Å². The fourth-order valence-electron chi connectivity index (χ4n) is 2.16. The predicted octanol–water partition coefficient (Wildman–Crippen LogP) is 5.21. The van der Waals surface area contributed by atoms with Crippen molar-refractivity contribution in [3.8, 4) is 0 Å². The zero-order valence-electron chi connectivity index (χ0n) is 13.1. The van der Waals surface area contributed by atoms with E-state index >= 15 is 0 Å². The van der Waals surface area contributed by atoms with E-state index in [0.29, 0.717) is 23.1 Å². The van der Waals surface area contributed by atoms with E-state index in [9.17, 15) is 9.18 Å². The molecular formula is C17H17Cl2FN2OS. The molecule has 0 bridgehead atoms. The molecule has 1 heterocycles. The minimum absolute atomic E-state index is 0.163. The van der Waals surface area contributed by atoms with Crippen molar-refractivity contribution in [2.24, 2.45) is 0 Å². The van der Waals surface area contributed by atoms with Crippen molar-refractivity contribution >= 4 is 46.1 Å². The maximum Gasteiger partial charge on any atom is 0.241 e. The normalized spacial score (nSPS) is 12.2. The first-order valence-corrected chi connectivity index (χ1v) is 8.83. The number of hydrogen-bond donors (Lipinski definition) is 1. The molecule has 0 fully saturated rings. The average Bonchev–Trinajstić information content (AvgIpc) is 2.94. The first-order chi connectivity index (χ1) is 11.4. The van der Waals surface area contributed by atoms with Crippen molar-refractivity contribution in [2.45, 2.75) is 19.5 Å². The van der Waals surface area contributed by atoms with Crippen molar-refractivity contribution in [1.29, 1.82) is 0 Å². The van der Waals surface area contributed by atoms with Gasteiger partial charge in [-0.15, -0.1) is 17.9 Å². The van der Waals surface area contributed by atoms with Crippen LogP contribution in [0.4, 0.5) is 10.1 Å². The summed E-state index contributed by atoms with van der Waals surface area (Å²) in [4.78, 5) is 15.5. The van der Waals surface area contributed by atoms with Crippen LogP contribution in [-0.4, -0.2) is 23.4 Å². The van der Waals surface area contributed by atoms with Crippen molar-refractivity contribution in [1.82, 2.24) is 4.90 Å². The number of carbonyl (C=O) groups is 1. The van der Waals surface area contributed by atoms with Crippen LogP contribution in [-0.2, 0) is 11.3 Å². The summed E-state index contributed by atoms with van der Waals surface area (Å²) in [5.74, 6) is -0.679. The lowest BCUT2D eigenvalue weighted by Crippen LogP contribution is -2.41. The third-order valence-corrected chi connectivity index (χ3v) is 5.00. The molecular weight excluding hydrogens is 370 g/mol. The van der Waals surface area contributed by atoms with Gasteiger partial charge in [0.2, 0.25) is 5.91 Å². The Morgan fingerprint density at radius 2 is 2.17 bits per heavy atom. The van der Waals surface area contributed by atoms with E-state index in [1.54, 1.807) is 13.0 Å². The van der Waals surface area contributed by atoms with Gasteiger partial charge in [0, 0.05) is 18.0 Å². The van der Waals surface area contributed by atoms with Crippen LogP contribution in [0.1, 0.15) is 11.8 Å². The number of anilines is 1. The first kappa shape index (κ1) is 18.9. The van der Waals surface area contributed by atoms with Crippen molar-refractivity contribution in [3.63, 3.8) is 0 Å². The lowest BCUT2D eigenvalue weighted by atomic mass is 10.2. The summed E-state index contributed by atoms with van der Waals surface area (Å²) in [6, 6.07) is 7.20. The molecule has 1 aromatic heterocycles. The second kappa shape index (κ2) is 8.62. The smallest absolute Gasteiger partial charge is 0.241 e. The van der Waals surface area contributed by atoms with Crippen LogP contribution < -0.4 is 5.32 Å². The highest BCUT2D eigenvalue weighted by Crippen LogP contribution is 2.25. The van der Waals surface area contributed by atoms with E-state index in [1.165, 1.54) is 23.5 Å². The quantitative estimate of drug-likeness (QED) is 0.662. The van der Waals surface area contributed by atoms with E-state index in [2.05, 4.69) is 11.9 Å². The fraction of sp³-hybridized carbons (Fsp3) is 0.235. The van der Waals surface area contributed by atoms with Crippen molar-refractivity contribution in [2.75, 3.05) is 11.9 Å². The zero-order valence-corrected chi connectivity index (χ0v) is 15.4. The van der Waals surface area contributed by atoms with Gasteiger partial charge >= 0.3 is 0 Å². The zero-order chi connectivity index (χ0) is 17.7. The minimum Gasteiger partial charge on any atom is -0.323 e. The van der Waals surface area contributed by atoms with Crippen LogP contribution in [0.3, 0.4) is 0 Å². The topological polar surface area (TPSA) is 32.3 Å². The van der Waals surface area contributed by atoms with E-state index in [-0.39, 0.29) is 10.9 Å². The third-order valence-electron chi connectivity index (χ3n) is 3.47. The molecule has 0 saturated heterocycles.